The van der Waals surface area contributed by atoms with Gasteiger partial charge in [-0.25, -0.2) is 9.59 Å². The number of carbonyl (C=O) groups is 2. The minimum atomic E-state index is -0.609. The molecule has 0 saturated carbocycles. The fraction of sp³-hybridized carbons (Fsp3) is 0.214. The van der Waals surface area contributed by atoms with Crippen molar-refractivity contribution >= 4 is 12.0 Å². The Balaban J connectivity index is 1.58. The number of nitrogens with zero attached hydrogens (tertiary/aromatic N) is 1. The van der Waals surface area contributed by atoms with Crippen molar-refractivity contribution in [2.75, 3.05) is 6.61 Å². The Hall–Kier alpha value is -4.06. The fourth-order valence-electron chi connectivity index (χ4n) is 3.96. The van der Waals surface area contributed by atoms with Gasteiger partial charge in [-0.1, -0.05) is 72.8 Å². The summed E-state index contributed by atoms with van der Waals surface area (Å²) in [6.45, 7) is 4.63. The van der Waals surface area contributed by atoms with Crippen LogP contribution in [0.3, 0.4) is 0 Å². The molecule has 0 spiro atoms. The van der Waals surface area contributed by atoms with E-state index in [0.29, 0.717) is 30.2 Å². The van der Waals surface area contributed by atoms with Crippen LogP contribution in [0.25, 0.3) is 0 Å². The smallest absolute Gasteiger partial charge is 0.338 e. The topological polar surface area (TPSA) is 67.9 Å². The normalized spacial score (nSPS) is 15.6. The Kier molecular flexibility index (Phi) is 7.28. The van der Waals surface area contributed by atoms with Crippen LogP contribution in [-0.2, 0) is 22.7 Å². The highest BCUT2D eigenvalue weighted by Gasteiger charge is 2.36. The monoisotopic (exact) mass is 456 g/mol. The summed E-state index contributed by atoms with van der Waals surface area (Å²) in [5, 5.41) is 2.99. The van der Waals surface area contributed by atoms with Crippen LogP contribution in [0.15, 0.2) is 96.2 Å². The molecule has 2 amide bonds. The number of benzene rings is 3. The molecular weight excluding hydrogens is 428 g/mol. The van der Waals surface area contributed by atoms with Gasteiger partial charge in [-0.05, 0) is 42.7 Å². The lowest BCUT2D eigenvalue weighted by atomic mass is 9.94. The van der Waals surface area contributed by atoms with Crippen LogP contribution < -0.4 is 10.1 Å². The van der Waals surface area contributed by atoms with Gasteiger partial charge in [-0.3, -0.25) is 4.90 Å². The summed E-state index contributed by atoms with van der Waals surface area (Å²) >= 11 is 0. The average molecular weight is 457 g/mol. The standard InChI is InChI=1S/C28H28N2O4/c1-3-33-27(31)25-20(2)30(18-21-10-6-4-7-11-21)28(32)29-26(25)23-14-16-24(17-15-23)34-19-22-12-8-5-9-13-22/h4-17,26H,3,18-19H2,1-2H3,(H,29,32)/t26-/m1/s1. The molecule has 0 unspecified atom stereocenters. The quantitative estimate of drug-likeness (QED) is 0.463. The molecular formula is C28H28N2O4. The summed E-state index contributed by atoms with van der Waals surface area (Å²) in [5.74, 6) is 0.270. The molecule has 1 N–H and O–H groups in total. The van der Waals surface area contributed by atoms with Crippen molar-refractivity contribution in [3.8, 4) is 5.75 Å². The molecule has 0 bridgehead atoms. The van der Waals surface area contributed by atoms with E-state index < -0.39 is 12.0 Å². The van der Waals surface area contributed by atoms with Gasteiger partial charge >= 0.3 is 12.0 Å². The molecule has 0 aromatic heterocycles. The maximum atomic E-state index is 13.0. The van der Waals surface area contributed by atoms with Gasteiger partial charge < -0.3 is 14.8 Å². The van der Waals surface area contributed by atoms with E-state index in [-0.39, 0.29) is 12.6 Å². The fourth-order valence-corrected chi connectivity index (χ4v) is 3.96. The Labute approximate surface area is 199 Å². The van der Waals surface area contributed by atoms with E-state index in [1.54, 1.807) is 18.7 Å². The van der Waals surface area contributed by atoms with E-state index in [1.165, 1.54) is 0 Å². The van der Waals surface area contributed by atoms with Gasteiger partial charge in [0.1, 0.15) is 12.4 Å². The molecule has 3 aromatic rings. The highest BCUT2D eigenvalue weighted by atomic mass is 16.5. The van der Waals surface area contributed by atoms with E-state index in [4.69, 9.17) is 9.47 Å². The van der Waals surface area contributed by atoms with Crippen LogP contribution >= 0.6 is 0 Å². The molecule has 1 atom stereocenters. The molecule has 1 aliphatic rings. The highest BCUT2D eigenvalue weighted by molar-refractivity contribution is 5.95. The van der Waals surface area contributed by atoms with E-state index >= 15 is 0 Å². The lowest BCUT2D eigenvalue weighted by Crippen LogP contribution is -2.47. The summed E-state index contributed by atoms with van der Waals surface area (Å²) in [4.78, 5) is 27.6. The predicted octanol–water partition coefficient (Wildman–Crippen LogP) is 5.37. The largest absolute Gasteiger partial charge is 0.489 e. The molecule has 1 aliphatic heterocycles. The van der Waals surface area contributed by atoms with Crippen molar-refractivity contribution in [3.63, 3.8) is 0 Å². The van der Waals surface area contributed by atoms with E-state index in [2.05, 4.69) is 5.32 Å². The first-order valence-electron chi connectivity index (χ1n) is 11.3. The summed E-state index contributed by atoms with van der Waals surface area (Å²) in [6.07, 6.45) is 0. The lowest BCUT2D eigenvalue weighted by Gasteiger charge is -2.35. The van der Waals surface area contributed by atoms with Crippen LogP contribution in [-0.4, -0.2) is 23.5 Å². The molecule has 3 aromatic carbocycles. The molecule has 0 aliphatic carbocycles. The Morgan fingerprint density at radius 1 is 0.912 bits per heavy atom. The van der Waals surface area contributed by atoms with E-state index in [0.717, 1.165) is 16.7 Å². The molecule has 4 rings (SSSR count). The highest BCUT2D eigenvalue weighted by Crippen LogP contribution is 2.33. The molecule has 6 heteroatoms. The second-order valence-electron chi connectivity index (χ2n) is 8.02. The summed E-state index contributed by atoms with van der Waals surface area (Å²) < 4.78 is 11.2. The van der Waals surface area contributed by atoms with Crippen LogP contribution in [0.4, 0.5) is 4.79 Å². The second-order valence-corrected chi connectivity index (χ2v) is 8.02. The van der Waals surface area contributed by atoms with Gasteiger partial charge in [-0.2, -0.15) is 0 Å². The molecule has 0 fully saturated rings. The van der Waals surface area contributed by atoms with Crippen molar-refractivity contribution in [3.05, 3.63) is 113 Å². The zero-order chi connectivity index (χ0) is 23.9. The minimum absolute atomic E-state index is 0.251. The van der Waals surface area contributed by atoms with Crippen LogP contribution in [0, 0.1) is 0 Å². The molecule has 6 nitrogen and oxygen atoms in total. The van der Waals surface area contributed by atoms with Crippen molar-refractivity contribution < 1.29 is 19.1 Å². The molecule has 174 valence electrons. The third kappa shape index (κ3) is 5.29. The zero-order valence-electron chi connectivity index (χ0n) is 19.4. The SMILES string of the molecule is CCOC(=O)C1=C(C)N(Cc2ccccc2)C(=O)N[C@@H]1c1ccc(OCc2ccccc2)cc1. The number of allylic oxidation sites excluding steroid dienone is 1. The minimum Gasteiger partial charge on any atom is -0.489 e. The van der Waals surface area contributed by atoms with E-state index in [1.807, 2.05) is 84.9 Å². The summed E-state index contributed by atoms with van der Waals surface area (Å²) in [5.41, 5.74) is 3.84. The first-order chi connectivity index (χ1) is 16.6. The van der Waals surface area contributed by atoms with Crippen molar-refractivity contribution in [1.82, 2.24) is 10.2 Å². The average Bonchev–Trinajstić information content (AvgIpc) is 2.86. The molecule has 34 heavy (non-hydrogen) atoms. The van der Waals surface area contributed by atoms with Crippen LogP contribution in [0.2, 0.25) is 0 Å². The molecule has 1 heterocycles. The number of carbonyl (C=O) groups excluding carboxylic acids is 2. The van der Waals surface area contributed by atoms with Crippen molar-refractivity contribution in [1.29, 1.82) is 0 Å². The van der Waals surface area contributed by atoms with Gasteiger partial charge in [0, 0.05) is 5.70 Å². The third-order valence-corrected chi connectivity index (χ3v) is 5.74. The summed E-state index contributed by atoms with van der Waals surface area (Å²) in [7, 11) is 0. The van der Waals surface area contributed by atoms with Gasteiger partial charge in [0.25, 0.3) is 0 Å². The number of rotatable bonds is 8. The zero-order valence-corrected chi connectivity index (χ0v) is 19.4. The number of hydrogen-bond donors (Lipinski definition) is 1. The van der Waals surface area contributed by atoms with Crippen LogP contribution in [0.1, 0.15) is 36.6 Å². The Morgan fingerprint density at radius 2 is 1.53 bits per heavy atom. The number of urea groups is 1. The third-order valence-electron chi connectivity index (χ3n) is 5.74. The maximum absolute atomic E-state index is 13.0. The maximum Gasteiger partial charge on any atom is 0.338 e. The number of esters is 1. The summed E-state index contributed by atoms with van der Waals surface area (Å²) in [6, 6.07) is 26.1. The van der Waals surface area contributed by atoms with Gasteiger partial charge in [0.2, 0.25) is 0 Å². The molecule has 0 radical (unpaired) electrons. The predicted molar refractivity (Wildman–Crippen MR) is 130 cm³/mol. The lowest BCUT2D eigenvalue weighted by molar-refractivity contribution is -0.139. The van der Waals surface area contributed by atoms with Crippen molar-refractivity contribution in [2.24, 2.45) is 0 Å². The number of amides is 2. The Bertz CT molecular complexity index is 1160. The van der Waals surface area contributed by atoms with Gasteiger partial charge in [-0.15, -0.1) is 0 Å². The Morgan fingerprint density at radius 3 is 2.15 bits per heavy atom. The van der Waals surface area contributed by atoms with E-state index in [9.17, 15) is 9.59 Å². The first kappa shape index (κ1) is 23.1. The van der Waals surface area contributed by atoms with Gasteiger partial charge in [0.15, 0.2) is 0 Å². The second kappa shape index (κ2) is 10.7. The van der Waals surface area contributed by atoms with Crippen LogP contribution in [0.5, 0.6) is 5.75 Å². The van der Waals surface area contributed by atoms with Gasteiger partial charge in [0.05, 0.1) is 24.8 Å². The number of ether oxygens (including phenoxy) is 2. The number of nitrogens with one attached hydrogen (secondary N) is 1. The number of hydrogen-bond acceptors (Lipinski definition) is 4. The van der Waals surface area contributed by atoms with Crippen molar-refractivity contribution in [2.45, 2.75) is 33.0 Å². The molecule has 0 saturated heterocycles. The first-order valence-corrected chi connectivity index (χ1v) is 11.3.